The van der Waals surface area contributed by atoms with E-state index in [-0.39, 0.29) is 18.0 Å². The molecule has 5 heteroatoms. The van der Waals surface area contributed by atoms with Crippen LogP contribution in [0.4, 0.5) is 4.79 Å². The lowest BCUT2D eigenvalue weighted by Crippen LogP contribution is -2.45. The van der Waals surface area contributed by atoms with Gasteiger partial charge in [-0.2, -0.15) is 0 Å². The number of hydrogen-bond donors (Lipinski definition) is 1. The lowest BCUT2D eigenvalue weighted by Gasteiger charge is -2.32. The molecule has 2 aliphatic heterocycles. The number of likely N-dealkylation sites (tertiary alicyclic amines) is 1. The molecule has 0 unspecified atom stereocenters. The first-order valence-electron chi connectivity index (χ1n) is 7.31. The van der Waals surface area contributed by atoms with Crippen LogP contribution < -0.4 is 5.32 Å². The zero-order valence-electron chi connectivity index (χ0n) is 12.2. The van der Waals surface area contributed by atoms with Crippen LogP contribution in [-0.4, -0.2) is 47.5 Å². The lowest BCUT2D eigenvalue weighted by molar-refractivity contribution is -0.129. The fraction of sp³-hybridized carbons (Fsp3) is 0.857. The maximum Gasteiger partial charge on any atom is 0.325 e. The van der Waals surface area contributed by atoms with Crippen molar-refractivity contribution in [1.29, 1.82) is 0 Å². The fourth-order valence-corrected chi connectivity index (χ4v) is 2.96. The van der Waals surface area contributed by atoms with Gasteiger partial charge in [-0.1, -0.05) is 20.8 Å². The van der Waals surface area contributed by atoms with Gasteiger partial charge in [0.2, 0.25) is 0 Å². The first-order valence-corrected chi connectivity index (χ1v) is 7.31. The molecule has 2 atom stereocenters. The quantitative estimate of drug-likeness (QED) is 0.788. The number of carbonyl (C=O) groups is 2. The number of rotatable bonds is 4. The average Bonchev–Trinajstić information content (AvgIpc) is 2.56. The van der Waals surface area contributed by atoms with Gasteiger partial charge < -0.3 is 5.32 Å². The second-order valence-electron chi connectivity index (χ2n) is 6.36. The van der Waals surface area contributed by atoms with Crippen LogP contribution in [0.2, 0.25) is 0 Å². The van der Waals surface area contributed by atoms with Crippen LogP contribution in [0.25, 0.3) is 0 Å². The summed E-state index contributed by atoms with van der Waals surface area (Å²) >= 11 is 0. The van der Waals surface area contributed by atoms with E-state index in [1.54, 1.807) is 0 Å². The second-order valence-corrected chi connectivity index (χ2v) is 6.36. The smallest absolute Gasteiger partial charge is 0.325 e. The molecule has 0 bridgehead atoms. The molecule has 19 heavy (non-hydrogen) atoms. The van der Waals surface area contributed by atoms with Crippen molar-refractivity contribution >= 4 is 11.9 Å². The van der Waals surface area contributed by atoms with Gasteiger partial charge in [-0.05, 0) is 37.6 Å². The molecule has 5 nitrogen and oxygen atoms in total. The first kappa shape index (κ1) is 14.3. The summed E-state index contributed by atoms with van der Waals surface area (Å²) in [4.78, 5) is 27.7. The van der Waals surface area contributed by atoms with Crippen molar-refractivity contribution in [3.63, 3.8) is 0 Å². The molecule has 1 N–H and O–H groups in total. The van der Waals surface area contributed by atoms with Gasteiger partial charge in [0.05, 0.1) is 6.67 Å². The standard InChI is InChI=1S/C14H25N3O2/c1-10(2)7-12-13(18)17(14(19)15-12)9-16-6-4-5-11(3)8-16/h10-12H,4-9H2,1-3H3,(H,15,19)/t11-,12+/m1/s1. The van der Waals surface area contributed by atoms with Crippen molar-refractivity contribution in [3.05, 3.63) is 0 Å². The summed E-state index contributed by atoms with van der Waals surface area (Å²) in [5.74, 6) is 1.00. The Morgan fingerprint density at radius 2 is 2.11 bits per heavy atom. The third-order valence-corrected chi connectivity index (χ3v) is 3.90. The molecule has 3 amide bonds. The summed E-state index contributed by atoms with van der Waals surface area (Å²) in [7, 11) is 0. The van der Waals surface area contributed by atoms with Crippen LogP contribution >= 0.6 is 0 Å². The topological polar surface area (TPSA) is 52.7 Å². The van der Waals surface area contributed by atoms with Gasteiger partial charge in [0.1, 0.15) is 6.04 Å². The summed E-state index contributed by atoms with van der Waals surface area (Å²) in [6.07, 6.45) is 3.12. The predicted molar refractivity (Wildman–Crippen MR) is 73.5 cm³/mol. The molecule has 0 aliphatic carbocycles. The minimum Gasteiger partial charge on any atom is -0.326 e. The summed E-state index contributed by atoms with van der Waals surface area (Å²) < 4.78 is 0. The molecule has 2 heterocycles. The SMILES string of the molecule is CC(C)C[C@@H]1NC(=O)N(CN2CCC[C@@H](C)C2)C1=O. The van der Waals surface area contributed by atoms with Crippen molar-refractivity contribution < 1.29 is 9.59 Å². The number of nitrogens with zero attached hydrogens (tertiary/aromatic N) is 2. The van der Waals surface area contributed by atoms with E-state index in [9.17, 15) is 9.59 Å². The largest absolute Gasteiger partial charge is 0.326 e. The Labute approximate surface area is 115 Å². The van der Waals surface area contributed by atoms with E-state index in [1.807, 2.05) is 0 Å². The molecule has 0 aromatic carbocycles. The Morgan fingerprint density at radius 1 is 1.37 bits per heavy atom. The molecular formula is C14H25N3O2. The summed E-state index contributed by atoms with van der Waals surface area (Å²) in [6, 6.07) is -0.552. The van der Waals surface area contributed by atoms with Gasteiger partial charge in [-0.25, -0.2) is 9.69 Å². The van der Waals surface area contributed by atoms with Crippen LogP contribution in [0.3, 0.4) is 0 Å². The number of imide groups is 1. The Balaban J connectivity index is 1.92. The Bertz CT molecular complexity index is 357. The molecule has 0 aromatic rings. The van der Waals surface area contributed by atoms with Crippen molar-refractivity contribution in [3.8, 4) is 0 Å². The highest BCUT2D eigenvalue weighted by Crippen LogP contribution is 2.18. The molecule has 108 valence electrons. The predicted octanol–water partition coefficient (Wildman–Crippen LogP) is 1.64. The number of amides is 3. The number of piperidine rings is 1. The summed E-state index contributed by atoms with van der Waals surface area (Å²) in [6.45, 7) is 8.76. The van der Waals surface area contributed by atoms with E-state index in [1.165, 1.54) is 11.3 Å². The highest BCUT2D eigenvalue weighted by atomic mass is 16.2. The molecule has 2 aliphatic rings. The highest BCUT2D eigenvalue weighted by molar-refractivity contribution is 6.04. The number of urea groups is 1. The number of hydrogen-bond acceptors (Lipinski definition) is 3. The minimum atomic E-state index is -0.324. The van der Waals surface area contributed by atoms with Crippen molar-refractivity contribution in [2.45, 2.75) is 46.1 Å². The summed E-state index contributed by atoms with van der Waals surface area (Å²) in [5, 5.41) is 2.80. The van der Waals surface area contributed by atoms with E-state index in [0.29, 0.717) is 18.5 Å². The Kier molecular flexibility index (Phi) is 4.45. The zero-order valence-corrected chi connectivity index (χ0v) is 12.2. The third-order valence-electron chi connectivity index (χ3n) is 3.90. The van der Waals surface area contributed by atoms with E-state index in [4.69, 9.17) is 0 Å². The first-order chi connectivity index (χ1) is 8.97. The van der Waals surface area contributed by atoms with Gasteiger partial charge in [-0.15, -0.1) is 0 Å². The molecule has 2 rings (SSSR count). The number of carbonyl (C=O) groups excluding carboxylic acids is 2. The molecule has 0 aromatic heterocycles. The molecular weight excluding hydrogens is 242 g/mol. The van der Waals surface area contributed by atoms with Crippen LogP contribution in [0.1, 0.15) is 40.0 Å². The van der Waals surface area contributed by atoms with Crippen LogP contribution in [0.15, 0.2) is 0 Å². The highest BCUT2D eigenvalue weighted by Gasteiger charge is 2.39. The van der Waals surface area contributed by atoms with E-state index in [0.717, 1.165) is 25.9 Å². The lowest BCUT2D eigenvalue weighted by atomic mass is 10.0. The van der Waals surface area contributed by atoms with Crippen molar-refractivity contribution in [1.82, 2.24) is 15.1 Å². The molecule has 0 radical (unpaired) electrons. The Hall–Kier alpha value is -1.10. The van der Waals surface area contributed by atoms with Gasteiger partial charge in [0.25, 0.3) is 5.91 Å². The molecule has 0 saturated carbocycles. The number of nitrogens with one attached hydrogen (secondary N) is 1. The second kappa shape index (κ2) is 5.90. The summed E-state index contributed by atoms with van der Waals surface area (Å²) in [5.41, 5.74) is 0. The average molecular weight is 267 g/mol. The fourth-order valence-electron chi connectivity index (χ4n) is 2.96. The van der Waals surface area contributed by atoms with Gasteiger partial charge in [-0.3, -0.25) is 9.69 Å². The monoisotopic (exact) mass is 267 g/mol. The normalized spacial score (nSPS) is 29.2. The van der Waals surface area contributed by atoms with Gasteiger partial charge in [0, 0.05) is 6.54 Å². The van der Waals surface area contributed by atoms with Crippen LogP contribution in [-0.2, 0) is 4.79 Å². The van der Waals surface area contributed by atoms with Gasteiger partial charge >= 0.3 is 6.03 Å². The van der Waals surface area contributed by atoms with Crippen LogP contribution in [0.5, 0.6) is 0 Å². The van der Waals surface area contributed by atoms with Gasteiger partial charge in [0.15, 0.2) is 0 Å². The van der Waals surface area contributed by atoms with E-state index < -0.39 is 0 Å². The Morgan fingerprint density at radius 3 is 2.74 bits per heavy atom. The maximum absolute atomic E-state index is 12.2. The van der Waals surface area contributed by atoms with Crippen LogP contribution in [0, 0.1) is 11.8 Å². The van der Waals surface area contributed by atoms with E-state index >= 15 is 0 Å². The molecule has 2 saturated heterocycles. The van der Waals surface area contributed by atoms with E-state index in [2.05, 4.69) is 31.0 Å². The maximum atomic E-state index is 12.2. The van der Waals surface area contributed by atoms with Crippen molar-refractivity contribution in [2.75, 3.05) is 19.8 Å². The van der Waals surface area contributed by atoms with Crippen molar-refractivity contribution in [2.24, 2.45) is 11.8 Å². The zero-order chi connectivity index (χ0) is 14.0. The molecule has 0 spiro atoms. The molecule has 2 fully saturated rings. The minimum absolute atomic E-state index is 0.0584. The third kappa shape index (κ3) is 3.47.